The first-order valence-electron chi connectivity index (χ1n) is 11.7. The van der Waals surface area contributed by atoms with Crippen molar-refractivity contribution in [2.24, 2.45) is 17.8 Å². The molecule has 5 atom stereocenters. The first kappa shape index (κ1) is 23.5. The molecule has 3 rings (SSSR count). The molecule has 0 aromatic carbocycles. The number of carbonyl (C=O) groups is 1. The number of fused-ring (bicyclic) bond motifs is 1. The smallest absolute Gasteiger partial charge is 0.248 e. The first-order chi connectivity index (χ1) is 14.6. The lowest BCUT2D eigenvalue weighted by Gasteiger charge is -2.26. The Kier molecular flexibility index (Phi) is 9.37. The van der Waals surface area contributed by atoms with Gasteiger partial charge < -0.3 is 24.6 Å². The van der Waals surface area contributed by atoms with E-state index in [1.165, 1.54) is 5.57 Å². The molecule has 0 aromatic rings. The maximum Gasteiger partial charge on any atom is 0.248 e. The topological polar surface area (TPSA) is 79.2 Å². The van der Waals surface area contributed by atoms with Gasteiger partial charge in [0.1, 0.15) is 6.61 Å². The predicted molar refractivity (Wildman–Crippen MR) is 116 cm³/mol. The summed E-state index contributed by atoms with van der Waals surface area (Å²) in [4.78, 5) is 13.9. The number of carbonyl (C=O) groups excluding carboxylic acids is 1. The van der Waals surface area contributed by atoms with Crippen molar-refractivity contribution in [3.63, 3.8) is 0 Å². The summed E-state index contributed by atoms with van der Waals surface area (Å²) in [6.45, 7) is 5.26. The Morgan fingerprint density at radius 3 is 2.87 bits per heavy atom. The van der Waals surface area contributed by atoms with Crippen LogP contribution >= 0.6 is 0 Å². The van der Waals surface area contributed by atoms with Gasteiger partial charge in [-0.2, -0.15) is 0 Å². The molecule has 2 aliphatic carbocycles. The third kappa shape index (κ3) is 6.64. The molecule has 1 amide bonds. The van der Waals surface area contributed by atoms with E-state index in [1.54, 1.807) is 4.90 Å². The molecular formula is C24H39NO5. The molecule has 1 saturated heterocycles. The van der Waals surface area contributed by atoms with Crippen molar-refractivity contribution in [2.45, 2.75) is 64.1 Å². The van der Waals surface area contributed by atoms with E-state index >= 15 is 0 Å². The van der Waals surface area contributed by atoms with Crippen molar-refractivity contribution in [3.8, 4) is 0 Å². The number of amides is 1. The minimum atomic E-state index is -0.406. The van der Waals surface area contributed by atoms with Crippen LogP contribution in [0.1, 0.15) is 51.9 Å². The average molecular weight is 422 g/mol. The van der Waals surface area contributed by atoms with Crippen LogP contribution in [0.2, 0.25) is 0 Å². The highest BCUT2D eigenvalue weighted by atomic mass is 16.5. The van der Waals surface area contributed by atoms with Gasteiger partial charge in [-0.15, -0.1) is 0 Å². The second-order valence-electron chi connectivity index (χ2n) is 9.03. The highest BCUT2D eigenvalue weighted by Gasteiger charge is 2.44. The standard InChI is InChI=1S/C24H39NO5/c1-2-3-4-5-20(26)6-7-21-22-15-18(14-19(22)16-23(21)27)8-11-30-17-24(28)25-9-12-29-13-10-25/h6-8,19-23,26-27H,2-5,9-17H2,1H3/b7-6+,18-8?/t19-,20-,21+,22-,23+/m0/s1. The number of aliphatic hydroxyl groups excluding tert-OH is 2. The summed E-state index contributed by atoms with van der Waals surface area (Å²) in [6.07, 6.45) is 12.3. The minimum absolute atomic E-state index is 0.0332. The zero-order chi connectivity index (χ0) is 21.3. The van der Waals surface area contributed by atoms with Gasteiger partial charge in [-0.05, 0) is 37.5 Å². The van der Waals surface area contributed by atoms with Gasteiger partial charge in [0.2, 0.25) is 5.91 Å². The second kappa shape index (κ2) is 12.0. The zero-order valence-electron chi connectivity index (χ0n) is 18.4. The molecule has 30 heavy (non-hydrogen) atoms. The molecule has 0 aromatic heterocycles. The summed E-state index contributed by atoms with van der Waals surface area (Å²) in [6, 6.07) is 0. The van der Waals surface area contributed by atoms with Gasteiger partial charge in [0.15, 0.2) is 0 Å². The molecule has 0 radical (unpaired) electrons. The molecule has 0 spiro atoms. The Balaban J connectivity index is 1.41. The van der Waals surface area contributed by atoms with Crippen LogP contribution in [-0.2, 0) is 14.3 Å². The van der Waals surface area contributed by atoms with E-state index in [0.717, 1.165) is 44.9 Å². The van der Waals surface area contributed by atoms with E-state index in [1.807, 2.05) is 6.08 Å². The maximum atomic E-state index is 12.1. The Labute approximate surface area is 180 Å². The van der Waals surface area contributed by atoms with Gasteiger partial charge in [-0.1, -0.05) is 50.0 Å². The lowest BCUT2D eigenvalue weighted by atomic mass is 9.90. The number of nitrogens with zero attached hydrogens (tertiary/aromatic N) is 1. The predicted octanol–water partition coefficient (Wildman–Crippen LogP) is 2.69. The number of allylic oxidation sites excluding steroid dienone is 1. The molecule has 0 bridgehead atoms. The fourth-order valence-electron chi connectivity index (χ4n) is 5.12. The van der Waals surface area contributed by atoms with Crippen LogP contribution in [0.15, 0.2) is 23.8 Å². The van der Waals surface area contributed by atoms with Crippen LogP contribution in [0.3, 0.4) is 0 Å². The summed E-state index contributed by atoms with van der Waals surface area (Å²) in [7, 11) is 0. The highest BCUT2D eigenvalue weighted by Crippen LogP contribution is 2.50. The molecule has 0 unspecified atom stereocenters. The van der Waals surface area contributed by atoms with Crippen LogP contribution in [0.5, 0.6) is 0 Å². The maximum absolute atomic E-state index is 12.1. The van der Waals surface area contributed by atoms with Gasteiger partial charge in [0.05, 0.1) is 32.0 Å². The quantitative estimate of drug-likeness (QED) is 0.419. The van der Waals surface area contributed by atoms with E-state index in [2.05, 4.69) is 19.1 Å². The van der Waals surface area contributed by atoms with Gasteiger partial charge in [-0.3, -0.25) is 4.79 Å². The summed E-state index contributed by atoms with van der Waals surface area (Å²) < 4.78 is 10.9. The number of morpholine rings is 1. The molecule has 6 nitrogen and oxygen atoms in total. The summed E-state index contributed by atoms with van der Waals surface area (Å²) in [5.74, 6) is 1.12. The van der Waals surface area contributed by atoms with E-state index < -0.39 is 6.10 Å². The molecule has 170 valence electrons. The summed E-state index contributed by atoms with van der Waals surface area (Å²) in [5, 5.41) is 20.6. The van der Waals surface area contributed by atoms with E-state index in [0.29, 0.717) is 44.7 Å². The first-order valence-corrected chi connectivity index (χ1v) is 11.7. The van der Waals surface area contributed by atoms with Gasteiger partial charge in [0, 0.05) is 19.0 Å². The molecular weight excluding hydrogens is 382 g/mol. The van der Waals surface area contributed by atoms with Crippen LogP contribution in [0, 0.1) is 17.8 Å². The van der Waals surface area contributed by atoms with E-state index in [9.17, 15) is 15.0 Å². The number of rotatable bonds is 10. The lowest BCUT2D eigenvalue weighted by molar-refractivity contribution is -0.139. The summed E-state index contributed by atoms with van der Waals surface area (Å²) in [5.41, 5.74) is 1.37. The Hall–Kier alpha value is -1.21. The van der Waals surface area contributed by atoms with E-state index in [4.69, 9.17) is 9.47 Å². The number of hydrogen-bond acceptors (Lipinski definition) is 5. The number of aliphatic hydroxyl groups is 2. The largest absolute Gasteiger partial charge is 0.392 e. The number of hydrogen-bond donors (Lipinski definition) is 2. The number of unbranched alkanes of at least 4 members (excludes halogenated alkanes) is 2. The average Bonchev–Trinajstić information content (AvgIpc) is 3.26. The molecule has 1 heterocycles. The van der Waals surface area contributed by atoms with Crippen LogP contribution in [-0.4, -0.2) is 72.7 Å². The van der Waals surface area contributed by atoms with Crippen LogP contribution in [0.4, 0.5) is 0 Å². The molecule has 3 aliphatic rings. The third-order valence-corrected chi connectivity index (χ3v) is 6.85. The third-order valence-electron chi connectivity index (χ3n) is 6.85. The summed E-state index contributed by atoms with van der Waals surface area (Å²) >= 11 is 0. The van der Waals surface area contributed by atoms with Crippen molar-refractivity contribution < 1.29 is 24.5 Å². The molecule has 2 N–H and O–H groups in total. The van der Waals surface area contributed by atoms with Crippen molar-refractivity contribution in [1.29, 1.82) is 0 Å². The second-order valence-corrected chi connectivity index (χ2v) is 9.03. The van der Waals surface area contributed by atoms with E-state index in [-0.39, 0.29) is 24.5 Å². The van der Waals surface area contributed by atoms with Crippen molar-refractivity contribution >= 4 is 5.91 Å². The Morgan fingerprint density at radius 2 is 2.10 bits per heavy atom. The highest BCUT2D eigenvalue weighted by molar-refractivity contribution is 5.77. The van der Waals surface area contributed by atoms with Crippen LogP contribution in [0.25, 0.3) is 0 Å². The SMILES string of the molecule is CCCCC[C@H](O)/C=C/[C@@H]1[C@H]2CC(=CCOCC(=O)N3CCOCC3)C[C@H]2C[C@H]1O. The van der Waals surface area contributed by atoms with Crippen LogP contribution < -0.4 is 0 Å². The zero-order valence-corrected chi connectivity index (χ0v) is 18.4. The van der Waals surface area contributed by atoms with Gasteiger partial charge in [0.25, 0.3) is 0 Å². The van der Waals surface area contributed by atoms with Crippen molar-refractivity contribution in [3.05, 3.63) is 23.8 Å². The normalized spacial score (nSPS) is 31.6. The Morgan fingerprint density at radius 1 is 1.30 bits per heavy atom. The van der Waals surface area contributed by atoms with Crippen molar-refractivity contribution in [1.82, 2.24) is 4.90 Å². The van der Waals surface area contributed by atoms with Gasteiger partial charge >= 0.3 is 0 Å². The minimum Gasteiger partial charge on any atom is -0.392 e. The molecule has 1 aliphatic heterocycles. The number of ether oxygens (including phenoxy) is 2. The molecule has 3 fully saturated rings. The monoisotopic (exact) mass is 421 g/mol. The fourth-order valence-corrected chi connectivity index (χ4v) is 5.12. The fraction of sp³-hybridized carbons (Fsp3) is 0.792. The lowest BCUT2D eigenvalue weighted by Crippen LogP contribution is -2.42. The van der Waals surface area contributed by atoms with Gasteiger partial charge in [-0.25, -0.2) is 0 Å². The Bertz CT molecular complexity index is 598. The molecule has 6 heteroatoms. The molecule has 2 saturated carbocycles. The van der Waals surface area contributed by atoms with Crippen molar-refractivity contribution in [2.75, 3.05) is 39.5 Å².